The van der Waals surface area contributed by atoms with E-state index >= 15 is 0 Å². The molecule has 3 rings (SSSR count). The molecule has 3 aromatic rings. The van der Waals surface area contributed by atoms with Crippen LogP contribution in [0.25, 0.3) is 10.8 Å². The number of H-pyrrole nitrogens is 1. The van der Waals surface area contributed by atoms with E-state index in [-0.39, 0.29) is 5.56 Å². The van der Waals surface area contributed by atoms with Crippen LogP contribution >= 0.6 is 11.6 Å². The Morgan fingerprint density at radius 1 is 1.10 bits per heavy atom. The number of nitrogens with one attached hydrogen (secondary N) is 2. The molecule has 1 aromatic heterocycles. The van der Waals surface area contributed by atoms with Gasteiger partial charge >= 0.3 is 0 Å². The van der Waals surface area contributed by atoms with Gasteiger partial charge in [-0.1, -0.05) is 41.9 Å². The maximum atomic E-state index is 11.6. The lowest BCUT2D eigenvalue weighted by molar-refractivity contribution is 1.01. The van der Waals surface area contributed by atoms with Gasteiger partial charge in [0.2, 0.25) is 0 Å². The SMILES string of the molecule is O=c1[nH]nc(Cl)c2cc(NCCc3ccccc3)ccc12. The van der Waals surface area contributed by atoms with Crippen LogP contribution in [-0.4, -0.2) is 16.7 Å². The molecule has 0 bridgehead atoms. The number of halogens is 1. The number of hydrogen-bond donors (Lipinski definition) is 2. The van der Waals surface area contributed by atoms with Crippen molar-refractivity contribution in [3.63, 3.8) is 0 Å². The summed E-state index contributed by atoms with van der Waals surface area (Å²) in [4.78, 5) is 11.6. The lowest BCUT2D eigenvalue weighted by Crippen LogP contribution is -2.09. The number of fused-ring (bicyclic) bond motifs is 1. The van der Waals surface area contributed by atoms with Crippen molar-refractivity contribution in [1.29, 1.82) is 0 Å². The predicted molar refractivity (Wildman–Crippen MR) is 86.0 cm³/mol. The maximum Gasteiger partial charge on any atom is 0.272 e. The van der Waals surface area contributed by atoms with Crippen molar-refractivity contribution in [2.75, 3.05) is 11.9 Å². The predicted octanol–water partition coefficient (Wildman–Crippen LogP) is 3.23. The van der Waals surface area contributed by atoms with E-state index in [2.05, 4.69) is 27.6 Å². The van der Waals surface area contributed by atoms with Gasteiger partial charge < -0.3 is 5.32 Å². The molecular weight excluding hydrogens is 286 g/mol. The molecule has 0 saturated carbocycles. The highest BCUT2D eigenvalue weighted by Gasteiger charge is 2.05. The second kappa shape index (κ2) is 5.97. The molecule has 0 atom stereocenters. The number of benzene rings is 2. The Morgan fingerprint density at radius 3 is 2.71 bits per heavy atom. The minimum atomic E-state index is -0.231. The minimum absolute atomic E-state index is 0.231. The highest BCUT2D eigenvalue weighted by molar-refractivity contribution is 6.34. The normalized spacial score (nSPS) is 10.7. The first-order chi connectivity index (χ1) is 10.2. The molecule has 1 heterocycles. The van der Waals surface area contributed by atoms with Crippen LogP contribution in [-0.2, 0) is 6.42 Å². The Hall–Kier alpha value is -2.33. The van der Waals surface area contributed by atoms with Crippen LogP contribution in [0.1, 0.15) is 5.56 Å². The Kier molecular flexibility index (Phi) is 3.88. The van der Waals surface area contributed by atoms with Gasteiger partial charge in [-0.05, 0) is 30.2 Å². The zero-order valence-corrected chi connectivity index (χ0v) is 12.0. The molecule has 106 valence electrons. The van der Waals surface area contributed by atoms with Gasteiger partial charge in [-0.25, -0.2) is 5.10 Å². The van der Waals surface area contributed by atoms with Gasteiger partial charge in [0.25, 0.3) is 5.56 Å². The van der Waals surface area contributed by atoms with Gasteiger partial charge in [-0.3, -0.25) is 4.79 Å². The first-order valence-corrected chi connectivity index (χ1v) is 7.07. The summed E-state index contributed by atoms with van der Waals surface area (Å²) in [6, 6.07) is 15.8. The van der Waals surface area contributed by atoms with E-state index in [1.807, 2.05) is 30.3 Å². The number of anilines is 1. The van der Waals surface area contributed by atoms with E-state index < -0.39 is 0 Å². The average Bonchev–Trinajstić information content (AvgIpc) is 2.52. The first-order valence-electron chi connectivity index (χ1n) is 6.70. The fraction of sp³-hybridized carbons (Fsp3) is 0.125. The van der Waals surface area contributed by atoms with Crippen molar-refractivity contribution in [3.8, 4) is 0 Å². The zero-order chi connectivity index (χ0) is 14.7. The standard InChI is InChI=1S/C16H14ClN3O/c17-15-14-10-12(6-7-13(14)16(21)20-19-15)18-9-8-11-4-2-1-3-5-11/h1-7,10,18H,8-9H2,(H,20,21). The smallest absolute Gasteiger partial charge is 0.272 e. The van der Waals surface area contributed by atoms with Gasteiger partial charge in [0.1, 0.15) is 0 Å². The molecule has 2 aromatic carbocycles. The Morgan fingerprint density at radius 2 is 1.90 bits per heavy atom. The van der Waals surface area contributed by atoms with E-state index in [9.17, 15) is 4.79 Å². The molecule has 2 N–H and O–H groups in total. The third kappa shape index (κ3) is 3.06. The molecule has 5 heteroatoms. The number of aromatic amines is 1. The molecule has 21 heavy (non-hydrogen) atoms. The van der Waals surface area contributed by atoms with Crippen molar-refractivity contribution in [1.82, 2.24) is 10.2 Å². The molecule has 0 fully saturated rings. The summed E-state index contributed by atoms with van der Waals surface area (Å²) in [5, 5.41) is 11.0. The average molecular weight is 300 g/mol. The zero-order valence-electron chi connectivity index (χ0n) is 11.3. The summed E-state index contributed by atoms with van der Waals surface area (Å²) in [5.41, 5.74) is 1.97. The summed E-state index contributed by atoms with van der Waals surface area (Å²) in [7, 11) is 0. The summed E-state index contributed by atoms with van der Waals surface area (Å²) < 4.78 is 0. The van der Waals surface area contributed by atoms with Gasteiger partial charge in [0, 0.05) is 17.6 Å². The molecule has 0 aliphatic rings. The minimum Gasteiger partial charge on any atom is -0.385 e. The van der Waals surface area contributed by atoms with Crippen LogP contribution in [0.4, 0.5) is 5.69 Å². The lowest BCUT2D eigenvalue weighted by atomic mass is 10.1. The van der Waals surface area contributed by atoms with Crippen molar-refractivity contribution in [2.24, 2.45) is 0 Å². The first kappa shape index (κ1) is 13.6. The monoisotopic (exact) mass is 299 g/mol. The molecule has 0 unspecified atom stereocenters. The molecule has 0 aliphatic heterocycles. The number of hydrogen-bond acceptors (Lipinski definition) is 3. The van der Waals surface area contributed by atoms with Gasteiger partial charge in [0.15, 0.2) is 5.15 Å². The molecule has 4 nitrogen and oxygen atoms in total. The number of nitrogens with zero attached hydrogens (tertiary/aromatic N) is 1. The highest BCUT2D eigenvalue weighted by Crippen LogP contribution is 2.21. The third-order valence-electron chi connectivity index (χ3n) is 3.33. The highest BCUT2D eigenvalue weighted by atomic mass is 35.5. The van der Waals surface area contributed by atoms with Crippen LogP contribution < -0.4 is 10.9 Å². The summed E-state index contributed by atoms with van der Waals surface area (Å²) in [6.07, 6.45) is 0.931. The van der Waals surface area contributed by atoms with Crippen LogP contribution in [0, 0.1) is 0 Å². The van der Waals surface area contributed by atoms with E-state index in [0.29, 0.717) is 15.9 Å². The van der Waals surface area contributed by atoms with E-state index in [1.54, 1.807) is 6.07 Å². The molecular formula is C16H14ClN3O. The van der Waals surface area contributed by atoms with Gasteiger partial charge in [0.05, 0.1) is 5.39 Å². The lowest BCUT2D eigenvalue weighted by Gasteiger charge is -2.08. The van der Waals surface area contributed by atoms with Crippen LogP contribution in [0.5, 0.6) is 0 Å². The summed E-state index contributed by atoms with van der Waals surface area (Å²) in [5.74, 6) is 0. The third-order valence-corrected chi connectivity index (χ3v) is 3.62. The van der Waals surface area contributed by atoms with Crippen molar-refractivity contribution in [3.05, 3.63) is 69.6 Å². The molecule has 0 amide bonds. The van der Waals surface area contributed by atoms with E-state index in [1.165, 1.54) is 5.56 Å². The van der Waals surface area contributed by atoms with E-state index in [0.717, 1.165) is 18.7 Å². The summed E-state index contributed by atoms with van der Waals surface area (Å²) in [6.45, 7) is 0.809. The Balaban J connectivity index is 1.76. The quantitative estimate of drug-likeness (QED) is 0.777. The fourth-order valence-electron chi connectivity index (χ4n) is 2.24. The van der Waals surface area contributed by atoms with Gasteiger partial charge in [-0.2, -0.15) is 5.10 Å². The maximum absolute atomic E-state index is 11.6. The number of aromatic nitrogens is 2. The van der Waals surface area contributed by atoms with Crippen molar-refractivity contribution >= 4 is 28.1 Å². The molecule has 0 radical (unpaired) electrons. The largest absolute Gasteiger partial charge is 0.385 e. The summed E-state index contributed by atoms with van der Waals surface area (Å²) >= 11 is 6.02. The Bertz CT molecular complexity index is 815. The van der Waals surface area contributed by atoms with Crippen LogP contribution in [0.15, 0.2) is 53.3 Å². The van der Waals surface area contributed by atoms with Crippen molar-refractivity contribution < 1.29 is 0 Å². The second-order valence-corrected chi connectivity index (χ2v) is 5.12. The van der Waals surface area contributed by atoms with Crippen LogP contribution in [0.2, 0.25) is 5.15 Å². The fourth-order valence-corrected chi connectivity index (χ4v) is 2.44. The van der Waals surface area contributed by atoms with Gasteiger partial charge in [-0.15, -0.1) is 0 Å². The molecule has 0 spiro atoms. The van der Waals surface area contributed by atoms with E-state index in [4.69, 9.17) is 11.6 Å². The second-order valence-electron chi connectivity index (χ2n) is 4.77. The topological polar surface area (TPSA) is 57.8 Å². The molecule has 0 aliphatic carbocycles. The molecule has 0 saturated heterocycles. The van der Waals surface area contributed by atoms with Crippen LogP contribution in [0.3, 0.4) is 0 Å². The Labute approximate surface area is 126 Å². The number of rotatable bonds is 4. The van der Waals surface area contributed by atoms with Crippen molar-refractivity contribution in [2.45, 2.75) is 6.42 Å².